The molecule has 5 nitrogen and oxygen atoms in total. The van der Waals surface area contributed by atoms with Crippen LogP contribution in [-0.4, -0.2) is 36.4 Å². The third-order valence-electron chi connectivity index (χ3n) is 8.92. The summed E-state index contributed by atoms with van der Waals surface area (Å²) in [5.41, 5.74) is 2.41. The molecule has 2 aliphatic carbocycles. The minimum atomic E-state index is -0.842. The first-order valence-corrected chi connectivity index (χ1v) is 12.8. The molecular formula is C28H46O5. The molecule has 188 valence electrons. The van der Waals surface area contributed by atoms with Crippen LogP contribution in [0.5, 0.6) is 0 Å². The lowest BCUT2D eigenvalue weighted by molar-refractivity contribution is -0.159. The normalized spacial score (nSPS) is 32.0. The van der Waals surface area contributed by atoms with Crippen LogP contribution in [-0.2, 0) is 19.1 Å². The van der Waals surface area contributed by atoms with Crippen molar-refractivity contribution < 1.29 is 24.2 Å². The predicted octanol–water partition coefficient (Wildman–Crippen LogP) is 6.01. The number of aliphatic hydroxyl groups is 1. The maximum Gasteiger partial charge on any atom is 0.333 e. The molecule has 1 N–H and O–H groups in total. The summed E-state index contributed by atoms with van der Waals surface area (Å²) in [5.74, 6) is 0.726. The Kier molecular flexibility index (Phi) is 9.78. The topological polar surface area (TPSA) is 72.8 Å². The van der Waals surface area contributed by atoms with Gasteiger partial charge in [0.05, 0.1) is 6.61 Å². The fourth-order valence-electron chi connectivity index (χ4n) is 6.06. The summed E-state index contributed by atoms with van der Waals surface area (Å²) in [5, 5.41) is 9.45. The van der Waals surface area contributed by atoms with E-state index >= 15 is 0 Å². The van der Waals surface area contributed by atoms with E-state index in [1.807, 2.05) is 0 Å². The molecule has 0 aromatic carbocycles. The van der Waals surface area contributed by atoms with Crippen LogP contribution < -0.4 is 0 Å². The van der Waals surface area contributed by atoms with E-state index in [-0.39, 0.29) is 35.9 Å². The molecule has 0 amide bonds. The van der Waals surface area contributed by atoms with Crippen LogP contribution in [0.1, 0.15) is 92.9 Å². The number of esters is 2. The van der Waals surface area contributed by atoms with Gasteiger partial charge in [-0.05, 0) is 87.4 Å². The first-order valence-electron chi connectivity index (χ1n) is 12.8. The van der Waals surface area contributed by atoms with Gasteiger partial charge in [0.25, 0.3) is 0 Å². The summed E-state index contributed by atoms with van der Waals surface area (Å²) in [4.78, 5) is 24.3. The molecule has 2 fully saturated rings. The Morgan fingerprint density at radius 3 is 2.64 bits per heavy atom. The van der Waals surface area contributed by atoms with Gasteiger partial charge in [-0.3, -0.25) is 4.79 Å². The summed E-state index contributed by atoms with van der Waals surface area (Å²) in [7, 11) is 0. The van der Waals surface area contributed by atoms with Crippen LogP contribution in [0.3, 0.4) is 0 Å². The third-order valence-corrected chi connectivity index (χ3v) is 8.92. The summed E-state index contributed by atoms with van der Waals surface area (Å²) < 4.78 is 10.5. The average molecular weight is 463 g/mol. The van der Waals surface area contributed by atoms with Crippen molar-refractivity contribution >= 4 is 11.9 Å². The van der Waals surface area contributed by atoms with Gasteiger partial charge in [-0.1, -0.05) is 45.9 Å². The summed E-state index contributed by atoms with van der Waals surface area (Å²) in [6.45, 7) is 16.8. The molecule has 0 aliphatic heterocycles. The Hall–Kier alpha value is -1.62. The van der Waals surface area contributed by atoms with Gasteiger partial charge in [-0.2, -0.15) is 0 Å². The number of allylic oxidation sites excluding steroid dienone is 2. The molecule has 0 radical (unpaired) electrons. The number of carbonyl (C=O) groups is 2. The van der Waals surface area contributed by atoms with Crippen molar-refractivity contribution in [2.24, 2.45) is 28.6 Å². The molecule has 0 saturated heterocycles. The summed E-state index contributed by atoms with van der Waals surface area (Å²) >= 11 is 0. The maximum atomic E-state index is 12.4. The molecule has 0 spiro atoms. The molecule has 0 aromatic heterocycles. The third kappa shape index (κ3) is 6.49. The number of hydrogen-bond acceptors (Lipinski definition) is 5. The smallest absolute Gasteiger partial charge is 0.333 e. The van der Waals surface area contributed by atoms with Crippen LogP contribution in [0.4, 0.5) is 0 Å². The van der Waals surface area contributed by atoms with Gasteiger partial charge in [0.15, 0.2) is 6.10 Å². The van der Waals surface area contributed by atoms with Gasteiger partial charge in [0, 0.05) is 12.0 Å². The second kappa shape index (κ2) is 11.7. The first-order chi connectivity index (χ1) is 15.5. The average Bonchev–Trinajstić information content (AvgIpc) is 2.78. The second-order valence-corrected chi connectivity index (χ2v) is 11.1. The van der Waals surface area contributed by atoms with Crippen molar-refractivity contribution in [2.45, 2.75) is 99.0 Å². The van der Waals surface area contributed by atoms with E-state index in [0.29, 0.717) is 23.8 Å². The quantitative estimate of drug-likeness (QED) is 0.245. The van der Waals surface area contributed by atoms with E-state index in [0.717, 1.165) is 19.3 Å². The molecule has 0 aromatic rings. The Labute approximate surface area is 201 Å². The van der Waals surface area contributed by atoms with E-state index in [1.165, 1.54) is 31.3 Å². The van der Waals surface area contributed by atoms with E-state index in [1.54, 1.807) is 19.9 Å². The molecule has 2 rings (SSSR count). The molecule has 2 aliphatic rings. The predicted molar refractivity (Wildman–Crippen MR) is 131 cm³/mol. The molecular weight excluding hydrogens is 416 g/mol. The summed E-state index contributed by atoms with van der Waals surface area (Å²) in [6.07, 6.45) is 9.40. The highest BCUT2D eigenvalue weighted by Crippen LogP contribution is 2.62. The number of carbonyl (C=O) groups excluding carboxylic acids is 2. The molecule has 2 saturated carbocycles. The zero-order valence-corrected chi connectivity index (χ0v) is 21.7. The standard InChI is InChI=1S/C28H46O5/c1-8-20(3)26(31)33-23(17-29)18-32-25(30)16-19(2)12-14-27(6)22(5)13-15-28(7)21(4)10-9-11-24(27)28/h8,19,22-24,29H,4,9-18H2,1-3,5-7H3/b20-8+/t19?,22-,23+,24-,27+,28+/m1/s1. The van der Waals surface area contributed by atoms with Crippen LogP contribution in [0, 0.1) is 28.6 Å². The van der Waals surface area contributed by atoms with Crippen LogP contribution in [0.25, 0.3) is 0 Å². The minimum Gasteiger partial charge on any atom is -0.462 e. The highest BCUT2D eigenvalue weighted by atomic mass is 16.6. The summed E-state index contributed by atoms with van der Waals surface area (Å²) in [6, 6.07) is 0. The molecule has 6 atom stereocenters. The van der Waals surface area contributed by atoms with E-state index < -0.39 is 12.1 Å². The van der Waals surface area contributed by atoms with Crippen molar-refractivity contribution in [3.8, 4) is 0 Å². The van der Waals surface area contributed by atoms with Gasteiger partial charge in [-0.15, -0.1) is 0 Å². The molecule has 0 heterocycles. The fraction of sp³-hybridized carbons (Fsp3) is 0.786. The Balaban J connectivity index is 1.87. The van der Waals surface area contributed by atoms with Crippen molar-refractivity contribution in [1.82, 2.24) is 0 Å². The van der Waals surface area contributed by atoms with Gasteiger partial charge in [0.1, 0.15) is 6.61 Å². The number of hydrogen-bond donors (Lipinski definition) is 1. The van der Waals surface area contributed by atoms with Crippen molar-refractivity contribution in [1.29, 1.82) is 0 Å². The van der Waals surface area contributed by atoms with Crippen molar-refractivity contribution in [2.75, 3.05) is 13.2 Å². The lowest BCUT2D eigenvalue weighted by atomic mass is 9.46. The van der Waals surface area contributed by atoms with E-state index in [2.05, 4.69) is 34.3 Å². The van der Waals surface area contributed by atoms with Crippen LogP contribution in [0.2, 0.25) is 0 Å². The Morgan fingerprint density at radius 2 is 2.00 bits per heavy atom. The van der Waals surface area contributed by atoms with Crippen molar-refractivity contribution in [3.63, 3.8) is 0 Å². The number of ether oxygens (including phenoxy) is 2. The SMILES string of the molecule is C=C1CCC[C@@H]2[C@@](C)(CCC(C)CC(=O)OC[C@H](CO)OC(=O)/C(C)=C/C)[C@H](C)CC[C@@]12C. The fourth-order valence-corrected chi connectivity index (χ4v) is 6.06. The number of aliphatic hydroxyl groups excluding tert-OH is 1. The maximum absolute atomic E-state index is 12.4. The molecule has 5 heteroatoms. The zero-order valence-electron chi connectivity index (χ0n) is 21.7. The van der Waals surface area contributed by atoms with E-state index in [4.69, 9.17) is 9.47 Å². The number of fused-ring (bicyclic) bond motifs is 1. The van der Waals surface area contributed by atoms with Gasteiger partial charge in [0.2, 0.25) is 0 Å². The van der Waals surface area contributed by atoms with Gasteiger partial charge in [-0.25, -0.2) is 4.79 Å². The lowest BCUT2D eigenvalue weighted by Gasteiger charge is -2.59. The van der Waals surface area contributed by atoms with Gasteiger partial charge >= 0.3 is 11.9 Å². The monoisotopic (exact) mass is 462 g/mol. The van der Waals surface area contributed by atoms with Gasteiger partial charge < -0.3 is 14.6 Å². The van der Waals surface area contributed by atoms with Crippen LogP contribution in [0.15, 0.2) is 23.8 Å². The Morgan fingerprint density at radius 1 is 1.30 bits per heavy atom. The van der Waals surface area contributed by atoms with Crippen LogP contribution >= 0.6 is 0 Å². The first kappa shape index (κ1) is 27.6. The molecule has 33 heavy (non-hydrogen) atoms. The molecule has 0 bridgehead atoms. The van der Waals surface area contributed by atoms with E-state index in [9.17, 15) is 14.7 Å². The Bertz CT molecular complexity index is 741. The molecule has 1 unspecified atom stereocenters. The van der Waals surface area contributed by atoms with Crippen molar-refractivity contribution in [3.05, 3.63) is 23.8 Å². The highest BCUT2D eigenvalue weighted by molar-refractivity contribution is 5.87. The second-order valence-electron chi connectivity index (χ2n) is 11.1. The highest BCUT2D eigenvalue weighted by Gasteiger charge is 2.53. The largest absolute Gasteiger partial charge is 0.462 e. The minimum absolute atomic E-state index is 0.123. The zero-order chi connectivity index (χ0) is 24.8. The number of rotatable bonds is 10. The lowest BCUT2D eigenvalue weighted by Crippen LogP contribution is -2.50.